The first-order valence-electron chi connectivity index (χ1n) is 12.1. The number of furan rings is 1. The number of nitrogens with zero attached hydrogens (tertiary/aromatic N) is 4. The van der Waals surface area contributed by atoms with Gasteiger partial charge >= 0.3 is 0 Å². The van der Waals surface area contributed by atoms with Crippen LogP contribution in [0.15, 0.2) is 62.8 Å². The maximum atomic E-state index is 13.1. The van der Waals surface area contributed by atoms with Gasteiger partial charge in [0.15, 0.2) is 5.76 Å². The zero-order chi connectivity index (χ0) is 25.6. The van der Waals surface area contributed by atoms with E-state index in [0.717, 1.165) is 25.0 Å². The number of H-pyrrole nitrogens is 1. The van der Waals surface area contributed by atoms with E-state index in [1.54, 1.807) is 18.2 Å². The average molecular weight is 521 g/mol. The van der Waals surface area contributed by atoms with Crippen molar-refractivity contribution in [3.63, 3.8) is 0 Å². The van der Waals surface area contributed by atoms with E-state index in [1.807, 2.05) is 0 Å². The van der Waals surface area contributed by atoms with E-state index in [4.69, 9.17) is 4.42 Å². The summed E-state index contributed by atoms with van der Waals surface area (Å²) in [7, 11) is -3.58. The molecule has 1 aromatic carbocycles. The predicted molar refractivity (Wildman–Crippen MR) is 134 cm³/mol. The third-order valence-electron chi connectivity index (χ3n) is 6.67. The summed E-state index contributed by atoms with van der Waals surface area (Å²) in [5, 5.41) is 7.32. The summed E-state index contributed by atoms with van der Waals surface area (Å²) in [6.07, 6.45) is 5.45. The molecule has 0 bridgehead atoms. The molecule has 2 N–H and O–H groups in total. The number of aromatic nitrogens is 4. The number of hydrogen-bond donors (Lipinski definition) is 2. The van der Waals surface area contributed by atoms with E-state index in [9.17, 15) is 18.0 Å². The molecule has 4 aromatic rings. The molecule has 1 aliphatic heterocycles. The van der Waals surface area contributed by atoms with Gasteiger partial charge in [0.1, 0.15) is 11.5 Å². The highest BCUT2D eigenvalue weighted by molar-refractivity contribution is 7.89. The highest BCUT2D eigenvalue weighted by Gasteiger charge is 2.27. The molecule has 1 fully saturated rings. The number of fused-ring (bicyclic) bond motifs is 1. The number of sulfonamides is 1. The number of amides is 1. The number of aromatic amines is 1. The van der Waals surface area contributed by atoms with E-state index in [1.165, 1.54) is 39.5 Å². The standard InChI is InChI=1S/C25H24N6O5S/c32-23(16-8-10-17(11-9-16)37(34,35)30-12-1-2-13-30)27-22-15-20(21-7-4-14-36-21)29-31(22)25-26-19-6-3-5-18(19)24(33)28-25/h4,7-11,14-15H,1-3,5-6,12-13H2,(H,27,32)(H,26,28,33). The van der Waals surface area contributed by atoms with Crippen LogP contribution in [-0.2, 0) is 22.9 Å². The molecule has 4 heterocycles. The van der Waals surface area contributed by atoms with Crippen molar-refractivity contribution in [3.05, 3.63) is 75.9 Å². The summed E-state index contributed by atoms with van der Waals surface area (Å²) in [4.78, 5) is 33.2. The van der Waals surface area contributed by atoms with Crippen molar-refractivity contribution in [2.75, 3.05) is 18.4 Å². The van der Waals surface area contributed by atoms with Crippen molar-refractivity contribution in [2.24, 2.45) is 0 Å². The first kappa shape index (κ1) is 23.4. The van der Waals surface area contributed by atoms with Gasteiger partial charge in [0.25, 0.3) is 11.5 Å². The first-order chi connectivity index (χ1) is 17.9. The monoisotopic (exact) mass is 520 g/mol. The predicted octanol–water partition coefficient (Wildman–Crippen LogP) is 2.74. The van der Waals surface area contributed by atoms with Crippen molar-refractivity contribution < 1.29 is 17.6 Å². The molecule has 2 aliphatic rings. The Balaban J connectivity index is 1.32. The Bertz CT molecular complexity index is 1630. The molecule has 1 amide bonds. The summed E-state index contributed by atoms with van der Waals surface area (Å²) in [5.41, 5.74) is 1.89. The Hall–Kier alpha value is -4.03. The second kappa shape index (κ2) is 9.12. The maximum absolute atomic E-state index is 13.1. The molecule has 37 heavy (non-hydrogen) atoms. The minimum Gasteiger partial charge on any atom is -0.463 e. The molecule has 1 aliphatic carbocycles. The Morgan fingerprint density at radius 2 is 1.84 bits per heavy atom. The van der Waals surface area contributed by atoms with E-state index < -0.39 is 15.9 Å². The summed E-state index contributed by atoms with van der Waals surface area (Å²) >= 11 is 0. The molecule has 6 rings (SSSR count). The highest BCUT2D eigenvalue weighted by atomic mass is 32.2. The number of nitrogens with one attached hydrogen (secondary N) is 2. The molecular formula is C25H24N6O5S. The zero-order valence-electron chi connectivity index (χ0n) is 19.8. The fourth-order valence-corrected chi connectivity index (χ4v) is 6.27. The van der Waals surface area contributed by atoms with Crippen LogP contribution in [0, 0.1) is 0 Å². The van der Waals surface area contributed by atoms with E-state index in [0.29, 0.717) is 42.9 Å². The number of anilines is 1. The molecule has 190 valence electrons. The van der Waals surface area contributed by atoms with Crippen LogP contribution in [0.1, 0.15) is 40.9 Å². The van der Waals surface area contributed by atoms with Crippen LogP contribution in [0.25, 0.3) is 17.4 Å². The van der Waals surface area contributed by atoms with Gasteiger partial charge in [-0.3, -0.25) is 14.6 Å². The molecule has 0 spiro atoms. The molecule has 0 radical (unpaired) electrons. The van der Waals surface area contributed by atoms with E-state index >= 15 is 0 Å². The number of hydrogen-bond acceptors (Lipinski definition) is 7. The fraction of sp³-hybridized carbons (Fsp3) is 0.280. The molecule has 0 unspecified atom stereocenters. The van der Waals surface area contributed by atoms with Crippen molar-refractivity contribution >= 4 is 21.7 Å². The second-order valence-electron chi connectivity index (χ2n) is 9.06. The summed E-state index contributed by atoms with van der Waals surface area (Å²) in [6, 6.07) is 10.9. The molecule has 3 aromatic heterocycles. The van der Waals surface area contributed by atoms with Crippen LogP contribution < -0.4 is 10.9 Å². The van der Waals surface area contributed by atoms with Crippen LogP contribution in [0.5, 0.6) is 0 Å². The van der Waals surface area contributed by atoms with Crippen LogP contribution in [0.3, 0.4) is 0 Å². The Kier molecular flexibility index (Phi) is 5.76. The van der Waals surface area contributed by atoms with Gasteiger partial charge in [-0.1, -0.05) is 0 Å². The largest absolute Gasteiger partial charge is 0.463 e. The van der Waals surface area contributed by atoms with E-state index in [-0.39, 0.29) is 27.8 Å². The second-order valence-corrected chi connectivity index (χ2v) is 11.0. The van der Waals surface area contributed by atoms with Crippen molar-refractivity contribution in [1.29, 1.82) is 0 Å². The average Bonchev–Trinajstić information content (AvgIpc) is 3.70. The van der Waals surface area contributed by atoms with Gasteiger partial charge < -0.3 is 9.73 Å². The lowest BCUT2D eigenvalue weighted by Gasteiger charge is -2.15. The van der Waals surface area contributed by atoms with Crippen LogP contribution in [-0.4, -0.2) is 51.5 Å². The highest BCUT2D eigenvalue weighted by Crippen LogP contribution is 2.26. The van der Waals surface area contributed by atoms with Gasteiger partial charge in [0.05, 0.1) is 16.9 Å². The van der Waals surface area contributed by atoms with E-state index in [2.05, 4.69) is 20.4 Å². The van der Waals surface area contributed by atoms with Crippen LogP contribution in [0.4, 0.5) is 5.82 Å². The van der Waals surface area contributed by atoms with Crippen molar-refractivity contribution in [3.8, 4) is 17.4 Å². The third-order valence-corrected chi connectivity index (χ3v) is 8.59. The number of carbonyl (C=O) groups excluding carboxylic acids is 1. The lowest BCUT2D eigenvalue weighted by Crippen LogP contribution is -2.27. The Morgan fingerprint density at radius 3 is 2.57 bits per heavy atom. The van der Waals surface area contributed by atoms with Gasteiger partial charge in [-0.2, -0.15) is 14.1 Å². The minimum absolute atomic E-state index is 0.149. The molecule has 12 heteroatoms. The lowest BCUT2D eigenvalue weighted by molar-refractivity contribution is 0.102. The third kappa shape index (κ3) is 4.27. The summed E-state index contributed by atoms with van der Waals surface area (Å²) < 4.78 is 33.9. The van der Waals surface area contributed by atoms with Gasteiger partial charge in [0, 0.05) is 30.3 Å². The number of aryl methyl sites for hydroxylation is 1. The lowest BCUT2D eigenvalue weighted by atomic mass is 10.2. The molecule has 0 saturated carbocycles. The SMILES string of the molecule is O=C(Nc1cc(-c2ccco2)nn1-c1nc2c(c(=O)[nH]1)CCC2)c1ccc(S(=O)(=O)N2CCCC2)cc1. The minimum atomic E-state index is -3.58. The topological polar surface area (TPSA) is 143 Å². The van der Waals surface area contributed by atoms with Gasteiger partial charge in [-0.15, -0.1) is 0 Å². The molecule has 0 atom stereocenters. The fourth-order valence-electron chi connectivity index (χ4n) is 4.75. The summed E-state index contributed by atoms with van der Waals surface area (Å²) in [5.74, 6) is 0.465. The van der Waals surface area contributed by atoms with Crippen LogP contribution >= 0.6 is 0 Å². The van der Waals surface area contributed by atoms with Gasteiger partial charge in [-0.25, -0.2) is 13.4 Å². The summed E-state index contributed by atoms with van der Waals surface area (Å²) in [6.45, 7) is 1.01. The Labute approximate surface area is 212 Å². The quantitative estimate of drug-likeness (QED) is 0.398. The van der Waals surface area contributed by atoms with Crippen molar-refractivity contribution in [2.45, 2.75) is 37.0 Å². The van der Waals surface area contributed by atoms with Crippen molar-refractivity contribution in [1.82, 2.24) is 24.1 Å². The number of carbonyl (C=O) groups is 1. The maximum Gasteiger partial charge on any atom is 0.256 e. The normalized spacial score (nSPS) is 15.7. The molecule has 1 saturated heterocycles. The zero-order valence-corrected chi connectivity index (χ0v) is 20.6. The molecule has 11 nitrogen and oxygen atoms in total. The number of benzene rings is 1. The van der Waals surface area contributed by atoms with Gasteiger partial charge in [0.2, 0.25) is 16.0 Å². The Morgan fingerprint density at radius 1 is 1.05 bits per heavy atom. The smallest absolute Gasteiger partial charge is 0.256 e. The number of rotatable bonds is 6. The molecular weight excluding hydrogens is 496 g/mol. The first-order valence-corrected chi connectivity index (χ1v) is 13.5. The van der Waals surface area contributed by atoms with Gasteiger partial charge in [-0.05, 0) is 68.5 Å². The van der Waals surface area contributed by atoms with Crippen LogP contribution in [0.2, 0.25) is 0 Å².